The van der Waals surface area contributed by atoms with Crippen LogP contribution in [0.2, 0.25) is 0 Å². The summed E-state index contributed by atoms with van der Waals surface area (Å²) in [5, 5.41) is 5.42. The van der Waals surface area contributed by atoms with E-state index in [1.165, 1.54) is 6.20 Å². The molecule has 0 unspecified atom stereocenters. The first-order chi connectivity index (χ1) is 16.7. The van der Waals surface area contributed by atoms with Crippen LogP contribution in [0.5, 0.6) is 0 Å². The number of ether oxygens (including phenoxy) is 1. The summed E-state index contributed by atoms with van der Waals surface area (Å²) in [4.78, 5) is 27.0. The van der Waals surface area contributed by atoms with Gasteiger partial charge in [0.25, 0.3) is 0 Å². The highest BCUT2D eigenvalue weighted by atomic mass is 16.5. The number of rotatable bonds is 6. The maximum Gasteiger partial charge on any atom is 0.343 e. The third-order valence-electron chi connectivity index (χ3n) is 5.33. The maximum absolute atomic E-state index is 12.6. The predicted octanol–water partition coefficient (Wildman–Crippen LogP) is 5.11. The van der Waals surface area contributed by atoms with Gasteiger partial charge in [0.1, 0.15) is 17.0 Å². The number of aromatic nitrogens is 5. The molecule has 0 saturated carbocycles. The number of hydrogen-bond acceptors (Lipinski definition) is 6. The van der Waals surface area contributed by atoms with E-state index in [-0.39, 0.29) is 6.61 Å². The second-order valence-corrected chi connectivity index (χ2v) is 7.46. The van der Waals surface area contributed by atoms with Gasteiger partial charge in [-0.15, -0.1) is 0 Å². The molecule has 0 aliphatic carbocycles. The Labute approximate surface area is 198 Å². The van der Waals surface area contributed by atoms with Crippen molar-refractivity contribution in [1.29, 1.82) is 0 Å². The number of pyridine rings is 1. The van der Waals surface area contributed by atoms with Gasteiger partial charge in [-0.2, -0.15) is 9.61 Å². The van der Waals surface area contributed by atoms with E-state index in [4.69, 9.17) is 9.72 Å². The van der Waals surface area contributed by atoms with Crippen LogP contribution in [-0.2, 0) is 11.3 Å². The molecular weight excluding hydrogens is 428 g/mol. The highest BCUT2D eigenvalue weighted by Crippen LogP contribution is 2.30. The molecule has 4 aromatic heterocycles. The van der Waals surface area contributed by atoms with Gasteiger partial charge < -0.3 is 14.6 Å². The molecule has 5 rings (SSSR count). The van der Waals surface area contributed by atoms with Crippen molar-refractivity contribution in [1.82, 2.24) is 24.6 Å². The van der Waals surface area contributed by atoms with Gasteiger partial charge in [-0.1, -0.05) is 44.2 Å². The summed E-state index contributed by atoms with van der Waals surface area (Å²) in [5.74, 6) is 0.368. The second kappa shape index (κ2) is 10.2. The van der Waals surface area contributed by atoms with Crippen molar-refractivity contribution in [3.05, 3.63) is 78.2 Å². The standard InChI is InChI=1S/C24H22N6O2.C2H6/c1-3-32-24(31)19-14-27-30-21(29(2)15-16-8-5-4-6-9-16)12-20(28-23(19)30)18-13-26-22-17(18)10-7-11-25-22;1-2/h4-14H,3,15H2,1-2H3,(H,25,26);1-2H3. The number of fused-ring (bicyclic) bond motifs is 2. The molecule has 174 valence electrons. The largest absolute Gasteiger partial charge is 0.462 e. The zero-order valence-electron chi connectivity index (χ0n) is 19.8. The van der Waals surface area contributed by atoms with Crippen LogP contribution in [0.4, 0.5) is 5.82 Å². The zero-order valence-corrected chi connectivity index (χ0v) is 19.8. The molecule has 0 bridgehead atoms. The fourth-order valence-electron chi connectivity index (χ4n) is 3.82. The SMILES string of the molecule is CC.CCOC(=O)c1cnn2c(N(C)Cc3ccccc3)cc(-c3c[nH]c4ncccc34)nc12. The Morgan fingerprint density at radius 2 is 1.94 bits per heavy atom. The van der Waals surface area contributed by atoms with E-state index in [1.807, 2.05) is 63.5 Å². The third kappa shape index (κ3) is 4.34. The van der Waals surface area contributed by atoms with Gasteiger partial charge >= 0.3 is 5.97 Å². The van der Waals surface area contributed by atoms with Crippen LogP contribution in [0.15, 0.2) is 67.1 Å². The fraction of sp³-hybridized carbons (Fsp3) is 0.231. The molecule has 0 fully saturated rings. The molecule has 34 heavy (non-hydrogen) atoms. The molecule has 0 saturated heterocycles. The lowest BCUT2D eigenvalue weighted by Gasteiger charge is -2.21. The van der Waals surface area contributed by atoms with E-state index in [0.29, 0.717) is 17.8 Å². The van der Waals surface area contributed by atoms with Crippen molar-refractivity contribution in [2.24, 2.45) is 0 Å². The molecule has 1 aromatic carbocycles. The lowest BCUT2D eigenvalue weighted by molar-refractivity contribution is 0.0528. The average molecular weight is 457 g/mol. The molecule has 8 heteroatoms. The third-order valence-corrected chi connectivity index (χ3v) is 5.33. The Bertz CT molecular complexity index is 1410. The van der Waals surface area contributed by atoms with E-state index < -0.39 is 5.97 Å². The van der Waals surface area contributed by atoms with Crippen LogP contribution < -0.4 is 4.90 Å². The van der Waals surface area contributed by atoms with Crippen molar-refractivity contribution in [2.45, 2.75) is 27.3 Å². The molecule has 0 aliphatic heterocycles. The molecule has 0 atom stereocenters. The number of hydrogen-bond donors (Lipinski definition) is 1. The second-order valence-electron chi connectivity index (χ2n) is 7.46. The normalized spacial score (nSPS) is 10.7. The summed E-state index contributed by atoms with van der Waals surface area (Å²) in [7, 11) is 1.99. The van der Waals surface area contributed by atoms with Crippen molar-refractivity contribution in [3.63, 3.8) is 0 Å². The number of carbonyl (C=O) groups is 1. The van der Waals surface area contributed by atoms with Crippen molar-refractivity contribution in [2.75, 3.05) is 18.6 Å². The van der Waals surface area contributed by atoms with Crippen LogP contribution in [0, 0.1) is 0 Å². The lowest BCUT2D eigenvalue weighted by atomic mass is 10.1. The predicted molar refractivity (Wildman–Crippen MR) is 134 cm³/mol. The number of nitrogens with zero attached hydrogens (tertiary/aromatic N) is 5. The van der Waals surface area contributed by atoms with Gasteiger partial charge in [-0.25, -0.2) is 14.8 Å². The number of benzene rings is 1. The smallest absolute Gasteiger partial charge is 0.343 e. The monoisotopic (exact) mass is 456 g/mol. The maximum atomic E-state index is 12.6. The van der Waals surface area contributed by atoms with Gasteiger partial charge in [0.15, 0.2) is 5.65 Å². The topological polar surface area (TPSA) is 88.4 Å². The Balaban J connectivity index is 0.00000133. The van der Waals surface area contributed by atoms with E-state index in [9.17, 15) is 4.79 Å². The van der Waals surface area contributed by atoms with Crippen LogP contribution in [0.1, 0.15) is 36.7 Å². The number of H-pyrrole nitrogens is 1. The highest BCUT2D eigenvalue weighted by Gasteiger charge is 2.21. The molecule has 4 heterocycles. The van der Waals surface area contributed by atoms with Crippen LogP contribution in [0.3, 0.4) is 0 Å². The van der Waals surface area contributed by atoms with E-state index in [0.717, 1.165) is 33.7 Å². The van der Waals surface area contributed by atoms with Crippen molar-refractivity contribution < 1.29 is 9.53 Å². The summed E-state index contributed by atoms with van der Waals surface area (Å²) in [5.41, 5.74) is 4.35. The number of esters is 1. The zero-order chi connectivity index (χ0) is 24.1. The Morgan fingerprint density at radius 3 is 2.71 bits per heavy atom. The first-order valence-corrected chi connectivity index (χ1v) is 11.4. The van der Waals surface area contributed by atoms with Gasteiger partial charge in [-0.3, -0.25) is 0 Å². The summed E-state index contributed by atoms with van der Waals surface area (Å²) >= 11 is 0. The van der Waals surface area contributed by atoms with Crippen LogP contribution in [-0.4, -0.2) is 44.2 Å². The van der Waals surface area contributed by atoms with Crippen LogP contribution >= 0.6 is 0 Å². The molecule has 5 aromatic rings. The minimum Gasteiger partial charge on any atom is -0.462 e. The lowest BCUT2D eigenvalue weighted by Crippen LogP contribution is -2.20. The summed E-state index contributed by atoms with van der Waals surface area (Å²) < 4.78 is 6.92. The molecular formula is C26H28N6O2. The fourth-order valence-corrected chi connectivity index (χ4v) is 3.82. The first kappa shape index (κ1) is 23.0. The summed E-state index contributed by atoms with van der Waals surface area (Å²) in [6.07, 6.45) is 5.15. The summed E-state index contributed by atoms with van der Waals surface area (Å²) in [6.45, 7) is 6.73. The quantitative estimate of drug-likeness (QED) is 0.357. The molecule has 0 radical (unpaired) electrons. The van der Waals surface area contributed by atoms with E-state index >= 15 is 0 Å². The number of anilines is 1. The van der Waals surface area contributed by atoms with Gasteiger partial charge in [0, 0.05) is 43.0 Å². The minimum atomic E-state index is -0.440. The number of carbonyl (C=O) groups excluding carboxylic acids is 1. The molecule has 1 N–H and O–H groups in total. The number of aromatic amines is 1. The van der Waals surface area contributed by atoms with Crippen molar-refractivity contribution >= 4 is 28.5 Å². The molecule has 0 spiro atoms. The molecule has 8 nitrogen and oxygen atoms in total. The number of nitrogens with one attached hydrogen (secondary N) is 1. The molecule has 0 aliphatic rings. The highest BCUT2D eigenvalue weighted by molar-refractivity contribution is 5.97. The van der Waals surface area contributed by atoms with Crippen LogP contribution in [0.25, 0.3) is 27.9 Å². The summed E-state index contributed by atoms with van der Waals surface area (Å²) in [6, 6.07) is 16.1. The van der Waals surface area contributed by atoms with Gasteiger partial charge in [0.05, 0.1) is 18.5 Å². The van der Waals surface area contributed by atoms with E-state index in [2.05, 4.69) is 32.1 Å². The Kier molecular flexibility index (Phi) is 6.87. The molecule has 0 amide bonds. The van der Waals surface area contributed by atoms with E-state index in [1.54, 1.807) is 17.6 Å². The first-order valence-electron chi connectivity index (χ1n) is 11.4. The van der Waals surface area contributed by atoms with Gasteiger partial charge in [0.2, 0.25) is 0 Å². The Morgan fingerprint density at radius 1 is 1.15 bits per heavy atom. The van der Waals surface area contributed by atoms with Gasteiger partial charge in [-0.05, 0) is 24.6 Å². The van der Waals surface area contributed by atoms with Crippen molar-refractivity contribution in [3.8, 4) is 11.3 Å². The Hall–Kier alpha value is -4.20. The minimum absolute atomic E-state index is 0.282. The average Bonchev–Trinajstić information content (AvgIpc) is 3.50.